The molecule has 2 aromatic rings. The Kier molecular flexibility index (Phi) is 4.78. The maximum Gasteiger partial charge on any atom is 0.355 e. The van der Waals surface area contributed by atoms with Gasteiger partial charge in [-0.3, -0.25) is 4.98 Å². The van der Waals surface area contributed by atoms with Crippen molar-refractivity contribution in [1.82, 2.24) is 4.98 Å². The van der Waals surface area contributed by atoms with Crippen molar-refractivity contribution in [2.75, 3.05) is 13.7 Å². The van der Waals surface area contributed by atoms with Crippen LogP contribution in [0.15, 0.2) is 30.5 Å². The van der Waals surface area contributed by atoms with Crippen LogP contribution in [0.2, 0.25) is 0 Å². The summed E-state index contributed by atoms with van der Waals surface area (Å²) in [4.78, 5) is 4.16. The molecule has 0 saturated carbocycles. The predicted molar refractivity (Wildman–Crippen MR) is 83.9 cm³/mol. The van der Waals surface area contributed by atoms with Crippen LogP contribution in [0, 0.1) is 0 Å². The number of rotatable bonds is 4. The van der Waals surface area contributed by atoms with Gasteiger partial charge in [0, 0.05) is 11.6 Å². The maximum absolute atomic E-state index is 10.5. The molecule has 0 spiro atoms. The van der Waals surface area contributed by atoms with E-state index in [1.165, 1.54) is 19.4 Å². The van der Waals surface area contributed by atoms with Crippen molar-refractivity contribution in [1.29, 1.82) is 0 Å². The number of methoxy groups -OCH3 is 1. The van der Waals surface area contributed by atoms with Crippen LogP contribution in [0.3, 0.4) is 0 Å². The second-order valence-electron chi connectivity index (χ2n) is 5.69. The van der Waals surface area contributed by atoms with E-state index in [1.54, 1.807) is 18.2 Å². The molecule has 5 atom stereocenters. The number of fused-ring (bicyclic) bond motifs is 1. The molecule has 0 radical (unpaired) electrons. The van der Waals surface area contributed by atoms with E-state index in [2.05, 4.69) is 4.98 Å². The Morgan fingerprint density at radius 3 is 2.64 bits per heavy atom. The van der Waals surface area contributed by atoms with Gasteiger partial charge in [0.1, 0.15) is 29.8 Å². The largest absolute Gasteiger partial charge is 0.497 e. The molecule has 9 nitrogen and oxygen atoms in total. The van der Waals surface area contributed by atoms with E-state index >= 15 is 0 Å². The van der Waals surface area contributed by atoms with Gasteiger partial charge in [-0.05, 0) is 24.3 Å². The Morgan fingerprint density at radius 2 is 1.96 bits per heavy atom. The highest BCUT2D eigenvalue weighted by Gasteiger charge is 2.55. The van der Waals surface area contributed by atoms with Gasteiger partial charge >= 0.3 is 5.97 Å². The Balaban J connectivity index is 1.99. The first-order valence-electron chi connectivity index (χ1n) is 7.56. The fourth-order valence-corrected chi connectivity index (χ4v) is 2.68. The topological polar surface area (TPSA) is 142 Å². The summed E-state index contributed by atoms with van der Waals surface area (Å²) in [6, 6.07) is 6.42. The van der Waals surface area contributed by atoms with Gasteiger partial charge in [0.25, 0.3) is 0 Å². The van der Waals surface area contributed by atoms with Crippen molar-refractivity contribution in [2.45, 2.75) is 30.4 Å². The van der Waals surface area contributed by atoms with Gasteiger partial charge in [-0.15, -0.1) is 0 Å². The monoisotopic (exact) mass is 353 g/mol. The summed E-state index contributed by atoms with van der Waals surface area (Å²) in [6.45, 7) is -0.693. The number of nitrogens with zero attached hydrogens (tertiary/aromatic N) is 1. The smallest absolute Gasteiger partial charge is 0.355 e. The minimum atomic E-state index is -2.68. The zero-order valence-corrected chi connectivity index (χ0v) is 13.3. The van der Waals surface area contributed by atoms with Gasteiger partial charge in [-0.1, -0.05) is 0 Å². The molecule has 5 N–H and O–H groups in total. The summed E-state index contributed by atoms with van der Waals surface area (Å²) in [5.74, 6) is -2.06. The molecule has 1 aromatic heterocycles. The zero-order chi connectivity index (χ0) is 18.2. The van der Waals surface area contributed by atoms with E-state index in [9.17, 15) is 25.5 Å². The van der Waals surface area contributed by atoms with Crippen molar-refractivity contribution >= 4 is 10.9 Å². The van der Waals surface area contributed by atoms with E-state index in [0.29, 0.717) is 16.7 Å². The van der Waals surface area contributed by atoms with Crippen LogP contribution in [0.4, 0.5) is 0 Å². The molecule has 1 aliphatic heterocycles. The lowest BCUT2D eigenvalue weighted by molar-refractivity contribution is -0.422. The number of hydrogen-bond donors (Lipinski definition) is 5. The van der Waals surface area contributed by atoms with E-state index in [1.807, 2.05) is 0 Å². The van der Waals surface area contributed by atoms with E-state index in [0.717, 1.165) is 0 Å². The highest BCUT2D eigenvalue weighted by molar-refractivity contribution is 5.86. The van der Waals surface area contributed by atoms with Crippen LogP contribution in [0.1, 0.15) is 0 Å². The van der Waals surface area contributed by atoms with Gasteiger partial charge < -0.3 is 39.7 Å². The molecule has 1 aromatic carbocycles. The SMILES string of the molecule is COc1ccc2nccc(O[C@@]3(O)O[C@H](CO)[C@@H](O)[C@H](O)[C@H]3O)c2c1. The highest BCUT2D eigenvalue weighted by atomic mass is 16.8. The fraction of sp³-hybridized carbons (Fsp3) is 0.438. The second-order valence-corrected chi connectivity index (χ2v) is 5.69. The Bertz CT molecular complexity index is 754. The summed E-state index contributed by atoms with van der Waals surface area (Å²) in [5, 5.41) is 50.0. The van der Waals surface area contributed by atoms with Gasteiger partial charge in [0.15, 0.2) is 6.10 Å². The van der Waals surface area contributed by atoms with Crippen LogP contribution in [-0.4, -0.2) is 74.6 Å². The second kappa shape index (κ2) is 6.71. The molecular formula is C16H19NO8. The number of benzene rings is 1. The quantitative estimate of drug-likeness (QED) is 0.426. The molecule has 0 unspecified atom stereocenters. The van der Waals surface area contributed by atoms with Crippen molar-refractivity contribution in [3.63, 3.8) is 0 Å². The first kappa shape index (κ1) is 17.8. The van der Waals surface area contributed by atoms with Crippen LogP contribution in [-0.2, 0) is 4.74 Å². The Morgan fingerprint density at radius 1 is 1.20 bits per heavy atom. The summed E-state index contributed by atoms with van der Waals surface area (Å²) in [7, 11) is 1.49. The molecule has 3 rings (SSSR count). The van der Waals surface area contributed by atoms with Crippen molar-refractivity contribution in [3.8, 4) is 11.5 Å². The molecule has 0 amide bonds. The molecule has 0 aliphatic carbocycles. The lowest BCUT2D eigenvalue weighted by Gasteiger charge is -2.44. The maximum atomic E-state index is 10.5. The Hall–Kier alpha value is -2.01. The number of hydrogen-bond acceptors (Lipinski definition) is 9. The van der Waals surface area contributed by atoms with Gasteiger partial charge in [0.2, 0.25) is 0 Å². The molecule has 25 heavy (non-hydrogen) atoms. The van der Waals surface area contributed by atoms with Gasteiger partial charge in [-0.25, -0.2) is 0 Å². The minimum Gasteiger partial charge on any atom is -0.497 e. The van der Waals surface area contributed by atoms with E-state index < -0.39 is 37.0 Å². The normalized spacial score (nSPS) is 32.6. The third kappa shape index (κ3) is 3.13. The number of aromatic nitrogens is 1. The molecule has 9 heteroatoms. The fourth-order valence-electron chi connectivity index (χ4n) is 2.68. The molecule has 1 fully saturated rings. The first-order chi connectivity index (χ1) is 11.9. The number of aliphatic hydroxyl groups excluding tert-OH is 4. The van der Waals surface area contributed by atoms with E-state index in [4.69, 9.17) is 14.2 Å². The summed E-state index contributed by atoms with van der Waals surface area (Å²) in [5.41, 5.74) is 0.534. The molecule has 2 heterocycles. The predicted octanol–water partition coefficient (Wildman–Crippen LogP) is -1.26. The zero-order valence-electron chi connectivity index (χ0n) is 13.3. The van der Waals surface area contributed by atoms with Crippen molar-refractivity contribution in [3.05, 3.63) is 30.5 Å². The lowest BCUT2D eigenvalue weighted by atomic mass is 9.98. The van der Waals surface area contributed by atoms with E-state index in [-0.39, 0.29) is 5.75 Å². The lowest BCUT2D eigenvalue weighted by Crippen LogP contribution is -2.67. The highest BCUT2D eigenvalue weighted by Crippen LogP contribution is 2.34. The first-order valence-corrected chi connectivity index (χ1v) is 7.56. The molecule has 1 saturated heterocycles. The van der Waals surface area contributed by atoms with Crippen molar-refractivity contribution < 1.29 is 39.7 Å². The number of pyridine rings is 1. The standard InChI is InChI=1S/C16H19NO8/c1-23-8-2-3-10-9(6-8)11(4-5-17-10)24-16(22)15(21)14(20)13(19)12(7-18)25-16/h2-6,12-15,18-22H,7H2,1H3/t12-,13-,14+,15-,16-/m1/s1. The number of ether oxygens (including phenoxy) is 3. The van der Waals surface area contributed by atoms with Gasteiger partial charge in [-0.2, -0.15) is 0 Å². The average molecular weight is 353 g/mol. The van der Waals surface area contributed by atoms with Crippen LogP contribution in [0.25, 0.3) is 10.9 Å². The van der Waals surface area contributed by atoms with Crippen LogP contribution in [0.5, 0.6) is 11.5 Å². The van der Waals surface area contributed by atoms with Crippen LogP contribution >= 0.6 is 0 Å². The summed E-state index contributed by atoms with van der Waals surface area (Å²) >= 11 is 0. The average Bonchev–Trinajstić information content (AvgIpc) is 2.63. The third-order valence-corrected chi connectivity index (χ3v) is 4.09. The molecule has 1 aliphatic rings. The summed E-state index contributed by atoms with van der Waals surface area (Å²) in [6.07, 6.45) is -5.25. The molecule has 136 valence electrons. The van der Waals surface area contributed by atoms with Crippen molar-refractivity contribution in [2.24, 2.45) is 0 Å². The van der Waals surface area contributed by atoms with Crippen LogP contribution < -0.4 is 9.47 Å². The molecule has 0 bridgehead atoms. The summed E-state index contributed by atoms with van der Waals surface area (Å²) < 4.78 is 15.7. The van der Waals surface area contributed by atoms with Gasteiger partial charge in [0.05, 0.1) is 19.2 Å². The minimum absolute atomic E-state index is 0.103. The number of aliphatic hydroxyl groups is 5. The Labute approximate surface area is 142 Å². The molecular weight excluding hydrogens is 334 g/mol. The third-order valence-electron chi connectivity index (χ3n) is 4.09.